The molecule has 2 aromatic carbocycles. The third-order valence-corrected chi connectivity index (χ3v) is 3.92. The number of esters is 1. The number of halogens is 1. The zero-order valence-corrected chi connectivity index (χ0v) is 13.1. The van der Waals surface area contributed by atoms with Gasteiger partial charge in [0.05, 0.1) is 12.0 Å². The fourth-order valence-electron chi connectivity index (χ4n) is 2.48. The lowest BCUT2D eigenvalue weighted by Gasteiger charge is -2.28. The first-order chi connectivity index (χ1) is 10.1. The molecule has 0 bridgehead atoms. The molecule has 2 aromatic rings. The first kappa shape index (κ1) is 15.6. The molecule has 110 valence electrons. The van der Waals surface area contributed by atoms with Crippen molar-refractivity contribution in [1.29, 1.82) is 0 Å². The molecule has 1 unspecified atom stereocenters. The fourth-order valence-corrected chi connectivity index (χ4v) is 2.82. The summed E-state index contributed by atoms with van der Waals surface area (Å²) in [4.78, 5) is 12.5. The van der Waals surface area contributed by atoms with Crippen LogP contribution in [0.4, 0.5) is 0 Å². The molecule has 0 fully saturated rings. The molecule has 0 spiro atoms. The molecule has 0 aromatic heterocycles. The van der Waals surface area contributed by atoms with Crippen LogP contribution in [0.1, 0.15) is 25.0 Å². The van der Waals surface area contributed by atoms with Crippen molar-refractivity contribution in [2.75, 3.05) is 6.61 Å². The van der Waals surface area contributed by atoms with Gasteiger partial charge in [-0.05, 0) is 37.5 Å². The number of hydrogen-bond acceptors (Lipinski definition) is 2. The summed E-state index contributed by atoms with van der Waals surface area (Å²) in [6, 6.07) is 17.4. The van der Waals surface area contributed by atoms with Gasteiger partial charge < -0.3 is 4.74 Å². The Morgan fingerprint density at radius 3 is 2.33 bits per heavy atom. The van der Waals surface area contributed by atoms with Crippen LogP contribution in [0.2, 0.25) is 5.02 Å². The van der Waals surface area contributed by atoms with Gasteiger partial charge in [-0.15, -0.1) is 0 Å². The standard InChI is InChI=1S/C18H19ClO2/c1-3-21-17(20)18(2,13-14-9-5-4-6-10-14)15-11-7-8-12-16(15)19/h4-12H,3,13H2,1-2H3. The van der Waals surface area contributed by atoms with Crippen molar-refractivity contribution in [2.45, 2.75) is 25.7 Å². The summed E-state index contributed by atoms with van der Waals surface area (Å²) in [6.45, 7) is 4.06. The van der Waals surface area contributed by atoms with E-state index in [9.17, 15) is 4.79 Å². The monoisotopic (exact) mass is 302 g/mol. The largest absolute Gasteiger partial charge is 0.465 e. The van der Waals surface area contributed by atoms with E-state index in [1.807, 2.05) is 62.4 Å². The van der Waals surface area contributed by atoms with E-state index in [4.69, 9.17) is 16.3 Å². The zero-order chi connectivity index (χ0) is 15.3. The van der Waals surface area contributed by atoms with Gasteiger partial charge in [0.15, 0.2) is 0 Å². The van der Waals surface area contributed by atoms with Crippen LogP contribution < -0.4 is 0 Å². The molecule has 3 heteroatoms. The van der Waals surface area contributed by atoms with E-state index < -0.39 is 5.41 Å². The second-order valence-corrected chi connectivity index (χ2v) is 5.60. The fraction of sp³-hybridized carbons (Fsp3) is 0.278. The van der Waals surface area contributed by atoms with Crippen molar-refractivity contribution in [3.8, 4) is 0 Å². The van der Waals surface area contributed by atoms with Crippen LogP contribution in [0.3, 0.4) is 0 Å². The van der Waals surface area contributed by atoms with Crippen LogP contribution in [0.25, 0.3) is 0 Å². The maximum absolute atomic E-state index is 12.5. The SMILES string of the molecule is CCOC(=O)C(C)(Cc1ccccc1)c1ccccc1Cl. The van der Waals surface area contributed by atoms with Crippen molar-refractivity contribution in [1.82, 2.24) is 0 Å². The summed E-state index contributed by atoms with van der Waals surface area (Å²) >= 11 is 6.31. The van der Waals surface area contributed by atoms with E-state index in [0.29, 0.717) is 18.1 Å². The maximum Gasteiger partial charge on any atom is 0.316 e. The third kappa shape index (κ3) is 3.45. The first-order valence-electron chi connectivity index (χ1n) is 7.04. The van der Waals surface area contributed by atoms with Crippen LogP contribution in [-0.2, 0) is 21.4 Å². The molecule has 2 rings (SSSR count). The second-order valence-electron chi connectivity index (χ2n) is 5.19. The molecule has 0 aliphatic heterocycles. The topological polar surface area (TPSA) is 26.3 Å². The molecule has 0 aliphatic carbocycles. The van der Waals surface area contributed by atoms with Crippen LogP contribution >= 0.6 is 11.6 Å². The minimum Gasteiger partial charge on any atom is -0.465 e. The molecule has 1 atom stereocenters. The van der Waals surface area contributed by atoms with Gasteiger partial charge in [-0.2, -0.15) is 0 Å². The van der Waals surface area contributed by atoms with E-state index in [-0.39, 0.29) is 5.97 Å². The van der Waals surface area contributed by atoms with E-state index in [1.165, 1.54) is 0 Å². The Hall–Kier alpha value is -1.80. The highest BCUT2D eigenvalue weighted by Gasteiger charge is 2.38. The third-order valence-electron chi connectivity index (χ3n) is 3.59. The number of ether oxygens (including phenoxy) is 1. The highest BCUT2D eigenvalue weighted by atomic mass is 35.5. The van der Waals surface area contributed by atoms with Crippen LogP contribution in [0.15, 0.2) is 54.6 Å². The number of hydrogen-bond donors (Lipinski definition) is 0. The molecular formula is C18H19ClO2. The molecule has 2 nitrogen and oxygen atoms in total. The van der Waals surface area contributed by atoms with Gasteiger partial charge >= 0.3 is 5.97 Å². The van der Waals surface area contributed by atoms with Gasteiger partial charge in [0.2, 0.25) is 0 Å². The number of benzene rings is 2. The van der Waals surface area contributed by atoms with Crippen molar-refractivity contribution < 1.29 is 9.53 Å². The summed E-state index contributed by atoms with van der Waals surface area (Å²) in [5.74, 6) is -0.248. The lowest BCUT2D eigenvalue weighted by Crippen LogP contribution is -2.37. The van der Waals surface area contributed by atoms with Crippen molar-refractivity contribution in [3.05, 3.63) is 70.7 Å². The van der Waals surface area contributed by atoms with E-state index >= 15 is 0 Å². The van der Waals surface area contributed by atoms with Crippen molar-refractivity contribution >= 4 is 17.6 Å². The van der Waals surface area contributed by atoms with Gasteiger partial charge in [0.1, 0.15) is 0 Å². The summed E-state index contributed by atoms with van der Waals surface area (Å²) in [5.41, 5.74) is 1.08. The lowest BCUT2D eigenvalue weighted by atomic mass is 9.77. The molecule has 0 N–H and O–H groups in total. The van der Waals surface area contributed by atoms with Gasteiger partial charge in [-0.3, -0.25) is 4.79 Å². The van der Waals surface area contributed by atoms with Crippen molar-refractivity contribution in [3.63, 3.8) is 0 Å². The van der Waals surface area contributed by atoms with E-state index in [2.05, 4.69) is 0 Å². The normalized spacial score (nSPS) is 13.5. The highest BCUT2D eigenvalue weighted by Crippen LogP contribution is 2.34. The average molecular weight is 303 g/mol. The quantitative estimate of drug-likeness (QED) is 0.765. The average Bonchev–Trinajstić information content (AvgIpc) is 2.48. The van der Waals surface area contributed by atoms with Gasteiger partial charge in [-0.1, -0.05) is 60.1 Å². The van der Waals surface area contributed by atoms with Crippen LogP contribution in [-0.4, -0.2) is 12.6 Å². The van der Waals surface area contributed by atoms with E-state index in [1.54, 1.807) is 6.07 Å². The summed E-state index contributed by atoms with van der Waals surface area (Å²) in [7, 11) is 0. The van der Waals surface area contributed by atoms with Gasteiger partial charge in [0, 0.05) is 5.02 Å². The Labute approximate surface area is 130 Å². The summed E-state index contributed by atoms with van der Waals surface area (Å²) < 4.78 is 5.29. The molecule has 0 saturated carbocycles. The minimum absolute atomic E-state index is 0.248. The zero-order valence-electron chi connectivity index (χ0n) is 12.3. The predicted octanol–water partition coefficient (Wildman–Crippen LogP) is 4.40. The number of carbonyl (C=O) groups excluding carboxylic acids is 1. The Morgan fingerprint density at radius 2 is 1.71 bits per heavy atom. The minimum atomic E-state index is -0.796. The molecule has 0 amide bonds. The summed E-state index contributed by atoms with van der Waals surface area (Å²) in [6.07, 6.45) is 0.552. The molecule has 21 heavy (non-hydrogen) atoms. The van der Waals surface area contributed by atoms with E-state index in [0.717, 1.165) is 11.1 Å². The molecule has 0 aliphatic rings. The first-order valence-corrected chi connectivity index (χ1v) is 7.42. The molecule has 0 radical (unpaired) electrons. The molecule has 0 saturated heterocycles. The Morgan fingerprint density at radius 1 is 1.10 bits per heavy atom. The van der Waals surface area contributed by atoms with Gasteiger partial charge in [0.25, 0.3) is 0 Å². The Bertz CT molecular complexity index is 610. The lowest BCUT2D eigenvalue weighted by molar-refractivity contribution is -0.149. The van der Waals surface area contributed by atoms with Crippen molar-refractivity contribution in [2.24, 2.45) is 0 Å². The number of carbonyl (C=O) groups is 1. The Kier molecular flexibility index (Phi) is 5.03. The summed E-state index contributed by atoms with van der Waals surface area (Å²) in [5, 5.41) is 0.587. The predicted molar refractivity (Wildman–Crippen MR) is 85.6 cm³/mol. The Balaban J connectivity index is 2.44. The van der Waals surface area contributed by atoms with Crippen LogP contribution in [0.5, 0.6) is 0 Å². The van der Waals surface area contributed by atoms with Crippen LogP contribution in [0, 0.1) is 0 Å². The smallest absolute Gasteiger partial charge is 0.316 e. The number of rotatable bonds is 5. The molecular weight excluding hydrogens is 284 g/mol. The second kappa shape index (κ2) is 6.77. The van der Waals surface area contributed by atoms with Gasteiger partial charge in [-0.25, -0.2) is 0 Å². The highest BCUT2D eigenvalue weighted by molar-refractivity contribution is 6.31. The maximum atomic E-state index is 12.5. The molecule has 0 heterocycles.